The minimum Gasteiger partial charge on any atom is -0.351 e. The van der Waals surface area contributed by atoms with E-state index >= 15 is 0 Å². The SMILES string of the molecule is Cl.NCC(=O)NC1CN[C@H](C(=O)Nc2ccc(S(=O)(=O)Nc3ccccn3)cc2)C1. The van der Waals surface area contributed by atoms with Gasteiger partial charge in [-0.05, 0) is 42.8 Å². The van der Waals surface area contributed by atoms with Crippen LogP contribution in [-0.2, 0) is 19.6 Å². The number of rotatable bonds is 7. The molecule has 2 atom stereocenters. The summed E-state index contributed by atoms with van der Waals surface area (Å²) in [7, 11) is -3.78. The van der Waals surface area contributed by atoms with E-state index in [1.54, 1.807) is 18.2 Å². The minimum absolute atomic E-state index is 0. The second-order valence-corrected chi connectivity index (χ2v) is 8.18. The Morgan fingerprint density at radius 1 is 1.17 bits per heavy atom. The quantitative estimate of drug-likeness (QED) is 0.395. The van der Waals surface area contributed by atoms with Crippen molar-refractivity contribution in [1.29, 1.82) is 0 Å². The minimum atomic E-state index is -3.78. The van der Waals surface area contributed by atoms with Gasteiger partial charge in [-0.15, -0.1) is 12.4 Å². The molecule has 6 N–H and O–H groups in total. The summed E-state index contributed by atoms with van der Waals surface area (Å²) >= 11 is 0. The summed E-state index contributed by atoms with van der Waals surface area (Å²) in [5.74, 6) is -0.320. The lowest BCUT2D eigenvalue weighted by molar-refractivity contribution is -0.121. The Kier molecular flexibility index (Phi) is 8.12. The molecule has 2 amide bonds. The number of anilines is 2. The molecule has 1 aliphatic rings. The first kappa shape index (κ1) is 23.5. The Morgan fingerprint density at radius 3 is 2.53 bits per heavy atom. The number of nitrogens with two attached hydrogens (primary N) is 1. The number of aromatic nitrogens is 1. The van der Waals surface area contributed by atoms with Crippen LogP contribution < -0.4 is 26.4 Å². The summed E-state index contributed by atoms with van der Waals surface area (Å²) in [6.07, 6.45) is 1.93. The van der Waals surface area contributed by atoms with Crippen LogP contribution in [0.25, 0.3) is 0 Å². The van der Waals surface area contributed by atoms with Gasteiger partial charge < -0.3 is 21.7 Å². The molecule has 1 aliphatic heterocycles. The third-order valence-corrected chi connectivity index (χ3v) is 5.70. The summed E-state index contributed by atoms with van der Waals surface area (Å²) in [6.45, 7) is 0.373. The highest BCUT2D eigenvalue weighted by molar-refractivity contribution is 7.92. The third kappa shape index (κ3) is 6.13. The number of nitrogens with one attached hydrogen (secondary N) is 4. The molecule has 0 saturated carbocycles. The smallest absolute Gasteiger partial charge is 0.263 e. The fourth-order valence-electron chi connectivity index (χ4n) is 2.90. The van der Waals surface area contributed by atoms with E-state index in [2.05, 4.69) is 25.7 Å². The molecule has 1 saturated heterocycles. The van der Waals surface area contributed by atoms with E-state index in [1.807, 2.05) is 0 Å². The first-order valence-electron chi connectivity index (χ1n) is 8.95. The summed E-state index contributed by atoms with van der Waals surface area (Å²) < 4.78 is 27.2. The van der Waals surface area contributed by atoms with Gasteiger partial charge in [-0.1, -0.05) is 6.07 Å². The van der Waals surface area contributed by atoms with Crippen molar-refractivity contribution in [2.24, 2.45) is 5.73 Å². The molecule has 2 heterocycles. The Morgan fingerprint density at radius 2 is 1.90 bits per heavy atom. The third-order valence-electron chi connectivity index (χ3n) is 4.33. The van der Waals surface area contributed by atoms with Gasteiger partial charge in [-0.2, -0.15) is 0 Å². The molecule has 1 unspecified atom stereocenters. The molecule has 1 aromatic carbocycles. The second kappa shape index (κ2) is 10.3. The molecular formula is C18H23ClN6O4S. The number of hydrogen-bond acceptors (Lipinski definition) is 7. The zero-order valence-electron chi connectivity index (χ0n) is 15.9. The standard InChI is InChI=1S/C18H22N6O4S.ClH/c19-10-17(25)22-13-9-15(21-11-13)18(26)23-12-4-6-14(7-5-12)29(27,28)24-16-3-1-2-8-20-16;/h1-8,13,15,21H,9-11,19H2,(H,20,24)(H,22,25)(H,23,26);1H/t13?,15-;/m0./s1. The van der Waals surface area contributed by atoms with Crippen molar-refractivity contribution in [3.8, 4) is 0 Å². The number of pyridine rings is 1. The molecule has 2 aromatic rings. The second-order valence-electron chi connectivity index (χ2n) is 6.50. The highest BCUT2D eigenvalue weighted by Gasteiger charge is 2.30. The normalized spacial score (nSPS) is 18.2. The molecular weight excluding hydrogens is 432 g/mol. The van der Waals surface area contributed by atoms with E-state index in [-0.39, 0.29) is 47.5 Å². The van der Waals surface area contributed by atoms with E-state index in [9.17, 15) is 18.0 Å². The molecule has 10 nitrogen and oxygen atoms in total. The van der Waals surface area contributed by atoms with Crippen molar-refractivity contribution in [3.63, 3.8) is 0 Å². The van der Waals surface area contributed by atoms with Crippen molar-refractivity contribution >= 4 is 45.7 Å². The Labute approximate surface area is 180 Å². The average Bonchev–Trinajstić information content (AvgIpc) is 3.17. The van der Waals surface area contributed by atoms with Gasteiger partial charge in [0.15, 0.2) is 0 Å². The van der Waals surface area contributed by atoms with Gasteiger partial charge in [-0.3, -0.25) is 14.3 Å². The summed E-state index contributed by atoms with van der Waals surface area (Å²) in [4.78, 5) is 27.7. The summed E-state index contributed by atoms with van der Waals surface area (Å²) in [6, 6.07) is 10.1. The van der Waals surface area contributed by atoms with Gasteiger partial charge in [0, 0.05) is 24.5 Å². The van der Waals surface area contributed by atoms with Crippen LogP contribution in [0.15, 0.2) is 53.6 Å². The predicted molar refractivity (Wildman–Crippen MR) is 115 cm³/mol. The van der Waals surface area contributed by atoms with Crippen molar-refractivity contribution < 1.29 is 18.0 Å². The maximum atomic E-state index is 12.4. The molecule has 1 fully saturated rings. The average molecular weight is 455 g/mol. The van der Waals surface area contributed by atoms with Crippen LogP contribution in [0.2, 0.25) is 0 Å². The van der Waals surface area contributed by atoms with E-state index in [4.69, 9.17) is 5.73 Å². The summed E-state index contributed by atoms with van der Waals surface area (Å²) in [5, 5.41) is 8.51. The largest absolute Gasteiger partial charge is 0.351 e. The van der Waals surface area contributed by atoms with E-state index in [0.717, 1.165) is 0 Å². The lowest BCUT2D eigenvalue weighted by Crippen LogP contribution is -2.39. The fraction of sp³-hybridized carbons (Fsp3) is 0.278. The van der Waals surface area contributed by atoms with Crippen molar-refractivity contribution in [2.75, 3.05) is 23.1 Å². The van der Waals surface area contributed by atoms with Gasteiger partial charge in [0.05, 0.1) is 17.5 Å². The lowest BCUT2D eigenvalue weighted by atomic mass is 10.1. The van der Waals surface area contributed by atoms with Crippen LogP contribution in [0.5, 0.6) is 0 Å². The molecule has 12 heteroatoms. The first-order valence-corrected chi connectivity index (χ1v) is 10.4. The van der Waals surface area contributed by atoms with Crippen LogP contribution in [0.3, 0.4) is 0 Å². The monoisotopic (exact) mass is 454 g/mol. The molecule has 162 valence electrons. The van der Waals surface area contributed by atoms with Gasteiger partial charge in [-0.25, -0.2) is 13.4 Å². The number of benzene rings is 1. The molecule has 30 heavy (non-hydrogen) atoms. The Hall–Kier alpha value is -2.73. The van der Waals surface area contributed by atoms with Crippen LogP contribution in [0, 0.1) is 0 Å². The van der Waals surface area contributed by atoms with E-state index in [0.29, 0.717) is 18.7 Å². The number of nitrogens with zero attached hydrogens (tertiary/aromatic N) is 1. The Bertz CT molecular complexity index is 972. The van der Waals surface area contributed by atoms with Crippen LogP contribution in [0.4, 0.5) is 11.5 Å². The maximum Gasteiger partial charge on any atom is 0.263 e. The van der Waals surface area contributed by atoms with Gasteiger partial charge in [0.2, 0.25) is 11.8 Å². The molecule has 3 rings (SSSR count). The van der Waals surface area contributed by atoms with Crippen LogP contribution >= 0.6 is 12.4 Å². The number of sulfonamides is 1. The molecule has 0 radical (unpaired) electrons. The zero-order valence-corrected chi connectivity index (χ0v) is 17.5. The lowest BCUT2D eigenvalue weighted by Gasteiger charge is -2.13. The van der Waals surface area contributed by atoms with Gasteiger partial charge in [0.25, 0.3) is 10.0 Å². The van der Waals surface area contributed by atoms with E-state index in [1.165, 1.54) is 30.5 Å². The van der Waals surface area contributed by atoms with Crippen molar-refractivity contribution in [3.05, 3.63) is 48.7 Å². The number of halogens is 1. The van der Waals surface area contributed by atoms with Gasteiger partial charge in [0.1, 0.15) is 5.82 Å². The van der Waals surface area contributed by atoms with Crippen LogP contribution in [-0.4, -0.2) is 50.4 Å². The van der Waals surface area contributed by atoms with E-state index < -0.39 is 16.1 Å². The van der Waals surface area contributed by atoms with Crippen molar-refractivity contribution in [1.82, 2.24) is 15.6 Å². The van der Waals surface area contributed by atoms with Crippen molar-refractivity contribution in [2.45, 2.75) is 23.4 Å². The Balaban J connectivity index is 0.00000320. The van der Waals surface area contributed by atoms with Gasteiger partial charge >= 0.3 is 0 Å². The molecule has 1 aromatic heterocycles. The molecule has 0 bridgehead atoms. The topological polar surface area (TPSA) is 155 Å². The summed E-state index contributed by atoms with van der Waals surface area (Å²) in [5.41, 5.74) is 5.73. The van der Waals surface area contributed by atoms with Crippen LogP contribution in [0.1, 0.15) is 6.42 Å². The zero-order chi connectivity index (χ0) is 20.9. The highest BCUT2D eigenvalue weighted by Crippen LogP contribution is 2.18. The fourth-order valence-corrected chi connectivity index (χ4v) is 3.91. The predicted octanol–water partition coefficient (Wildman–Crippen LogP) is 0.0481. The number of hydrogen-bond donors (Lipinski definition) is 5. The number of carbonyl (C=O) groups is 2. The maximum absolute atomic E-state index is 12.4. The highest BCUT2D eigenvalue weighted by atomic mass is 35.5. The number of amides is 2. The molecule has 0 spiro atoms. The molecule has 0 aliphatic carbocycles. The number of carbonyl (C=O) groups excluding carboxylic acids is 2. The first-order chi connectivity index (χ1) is 13.9.